The molecule has 2 N–H and O–H groups in total. The standard InChI is InChI=1S/C13H18N2O3S/c1-14-8-10-4-2-3-5-12(10)15-13(16)11-6-7-19(17,18)9-11/h2-5,11,14H,6-9H2,1H3,(H,15,16). The Morgan fingerprint density at radius 1 is 1.37 bits per heavy atom. The Kier molecular flexibility index (Phi) is 4.21. The molecule has 2 rings (SSSR count). The van der Waals surface area contributed by atoms with E-state index in [1.54, 1.807) is 0 Å². The lowest BCUT2D eigenvalue weighted by molar-refractivity contribution is -0.119. The third kappa shape index (κ3) is 3.54. The number of carbonyl (C=O) groups is 1. The van der Waals surface area contributed by atoms with Crippen LogP contribution in [0, 0.1) is 5.92 Å². The average molecular weight is 282 g/mol. The van der Waals surface area contributed by atoms with E-state index in [9.17, 15) is 13.2 Å². The summed E-state index contributed by atoms with van der Waals surface area (Å²) in [5, 5.41) is 5.86. The first-order valence-corrected chi connectivity index (χ1v) is 8.08. The van der Waals surface area contributed by atoms with E-state index in [0.717, 1.165) is 11.3 Å². The van der Waals surface area contributed by atoms with E-state index >= 15 is 0 Å². The minimum Gasteiger partial charge on any atom is -0.326 e. The quantitative estimate of drug-likeness (QED) is 0.855. The van der Waals surface area contributed by atoms with Crippen LogP contribution in [0.15, 0.2) is 24.3 Å². The summed E-state index contributed by atoms with van der Waals surface area (Å²) in [4.78, 5) is 12.1. The zero-order chi connectivity index (χ0) is 13.9. The van der Waals surface area contributed by atoms with Gasteiger partial charge in [-0.25, -0.2) is 8.42 Å². The van der Waals surface area contributed by atoms with Gasteiger partial charge in [0.2, 0.25) is 5.91 Å². The molecule has 6 heteroatoms. The lowest BCUT2D eigenvalue weighted by atomic mass is 10.1. The maximum Gasteiger partial charge on any atom is 0.228 e. The van der Waals surface area contributed by atoms with Crippen molar-refractivity contribution in [2.75, 3.05) is 23.9 Å². The highest BCUT2D eigenvalue weighted by molar-refractivity contribution is 7.91. The van der Waals surface area contributed by atoms with E-state index in [-0.39, 0.29) is 17.4 Å². The Morgan fingerprint density at radius 2 is 2.11 bits per heavy atom. The molecule has 1 saturated heterocycles. The molecule has 0 radical (unpaired) electrons. The molecule has 1 fully saturated rings. The van der Waals surface area contributed by atoms with Crippen LogP contribution in [0.5, 0.6) is 0 Å². The third-order valence-electron chi connectivity index (χ3n) is 3.25. The molecule has 1 aromatic rings. The van der Waals surface area contributed by atoms with Crippen molar-refractivity contribution in [2.45, 2.75) is 13.0 Å². The average Bonchev–Trinajstić information content (AvgIpc) is 2.73. The number of amides is 1. The van der Waals surface area contributed by atoms with E-state index in [1.165, 1.54) is 0 Å². The van der Waals surface area contributed by atoms with Crippen LogP contribution < -0.4 is 10.6 Å². The van der Waals surface area contributed by atoms with Crippen LogP contribution in [0.3, 0.4) is 0 Å². The van der Waals surface area contributed by atoms with Crippen LogP contribution in [0.25, 0.3) is 0 Å². The second kappa shape index (κ2) is 5.71. The molecule has 0 aromatic heterocycles. The van der Waals surface area contributed by atoms with Crippen molar-refractivity contribution in [1.82, 2.24) is 5.32 Å². The van der Waals surface area contributed by atoms with Gasteiger partial charge in [0.25, 0.3) is 0 Å². The van der Waals surface area contributed by atoms with Crippen molar-refractivity contribution in [2.24, 2.45) is 5.92 Å². The number of hydrogen-bond donors (Lipinski definition) is 2. The fourth-order valence-corrected chi connectivity index (χ4v) is 3.96. The second-order valence-corrected chi connectivity index (χ2v) is 7.01. The fraction of sp³-hybridized carbons (Fsp3) is 0.462. The number of para-hydroxylation sites is 1. The van der Waals surface area contributed by atoms with E-state index in [2.05, 4.69) is 10.6 Å². The number of rotatable bonds is 4. The Labute approximate surface area is 113 Å². The smallest absolute Gasteiger partial charge is 0.228 e. The van der Waals surface area contributed by atoms with Crippen molar-refractivity contribution in [1.29, 1.82) is 0 Å². The summed E-state index contributed by atoms with van der Waals surface area (Å²) in [7, 11) is -1.19. The topological polar surface area (TPSA) is 75.3 Å². The maximum absolute atomic E-state index is 12.1. The SMILES string of the molecule is CNCc1ccccc1NC(=O)C1CCS(=O)(=O)C1. The zero-order valence-corrected chi connectivity index (χ0v) is 11.7. The van der Waals surface area contributed by atoms with Gasteiger partial charge in [0.05, 0.1) is 17.4 Å². The molecule has 0 spiro atoms. The number of benzene rings is 1. The van der Waals surface area contributed by atoms with Crippen LogP contribution in [0.1, 0.15) is 12.0 Å². The number of sulfone groups is 1. The van der Waals surface area contributed by atoms with E-state index < -0.39 is 15.8 Å². The number of nitrogens with one attached hydrogen (secondary N) is 2. The van der Waals surface area contributed by atoms with Crippen molar-refractivity contribution in [3.05, 3.63) is 29.8 Å². The highest BCUT2D eigenvalue weighted by Crippen LogP contribution is 2.22. The third-order valence-corrected chi connectivity index (χ3v) is 5.01. The lowest BCUT2D eigenvalue weighted by Gasteiger charge is -2.13. The fourth-order valence-electron chi connectivity index (χ4n) is 2.22. The van der Waals surface area contributed by atoms with Gasteiger partial charge in [-0.05, 0) is 25.1 Å². The predicted molar refractivity (Wildman–Crippen MR) is 74.6 cm³/mol. The van der Waals surface area contributed by atoms with Crippen molar-refractivity contribution < 1.29 is 13.2 Å². The molecular weight excluding hydrogens is 264 g/mol. The highest BCUT2D eigenvalue weighted by atomic mass is 32.2. The molecule has 104 valence electrons. The molecule has 1 heterocycles. The van der Waals surface area contributed by atoms with Crippen molar-refractivity contribution in [3.63, 3.8) is 0 Å². The Morgan fingerprint density at radius 3 is 2.74 bits per heavy atom. The molecule has 1 aromatic carbocycles. The summed E-state index contributed by atoms with van der Waals surface area (Å²) < 4.78 is 22.8. The van der Waals surface area contributed by atoms with Crippen molar-refractivity contribution in [3.8, 4) is 0 Å². The van der Waals surface area contributed by atoms with Crippen LogP contribution in [0.4, 0.5) is 5.69 Å². The van der Waals surface area contributed by atoms with Crippen LogP contribution in [-0.2, 0) is 21.2 Å². The summed E-state index contributed by atoms with van der Waals surface area (Å²) in [6, 6.07) is 7.51. The normalized spacial score (nSPS) is 21.2. The molecule has 19 heavy (non-hydrogen) atoms. The van der Waals surface area contributed by atoms with Gasteiger partial charge in [0, 0.05) is 12.2 Å². The zero-order valence-electron chi connectivity index (χ0n) is 10.8. The summed E-state index contributed by atoms with van der Waals surface area (Å²) in [5.41, 5.74) is 1.73. The summed E-state index contributed by atoms with van der Waals surface area (Å²) in [6.07, 6.45) is 0.419. The Bertz CT molecular complexity index is 569. The van der Waals surface area contributed by atoms with Crippen molar-refractivity contribution >= 4 is 21.4 Å². The summed E-state index contributed by atoms with van der Waals surface area (Å²) >= 11 is 0. The minimum absolute atomic E-state index is 0.0347. The maximum atomic E-state index is 12.1. The number of anilines is 1. The van der Waals surface area contributed by atoms with Crippen LogP contribution in [0.2, 0.25) is 0 Å². The molecule has 1 aliphatic heterocycles. The van der Waals surface area contributed by atoms with Gasteiger partial charge in [-0.15, -0.1) is 0 Å². The molecule has 1 atom stereocenters. The van der Waals surface area contributed by atoms with Gasteiger partial charge < -0.3 is 10.6 Å². The van der Waals surface area contributed by atoms with E-state index in [1.807, 2.05) is 31.3 Å². The summed E-state index contributed by atoms with van der Waals surface area (Å²) in [6.45, 7) is 0.652. The number of hydrogen-bond acceptors (Lipinski definition) is 4. The van der Waals surface area contributed by atoms with Gasteiger partial charge in [-0.1, -0.05) is 18.2 Å². The molecule has 1 unspecified atom stereocenters. The monoisotopic (exact) mass is 282 g/mol. The first-order chi connectivity index (χ1) is 9.02. The first kappa shape index (κ1) is 14.0. The van der Waals surface area contributed by atoms with Gasteiger partial charge in [0.15, 0.2) is 9.84 Å². The van der Waals surface area contributed by atoms with Gasteiger partial charge in [-0.2, -0.15) is 0 Å². The molecular formula is C13H18N2O3S. The van der Waals surface area contributed by atoms with Crippen LogP contribution >= 0.6 is 0 Å². The molecule has 0 bridgehead atoms. The molecule has 5 nitrogen and oxygen atoms in total. The molecule has 0 saturated carbocycles. The first-order valence-electron chi connectivity index (χ1n) is 6.25. The second-order valence-electron chi connectivity index (χ2n) is 4.78. The summed E-state index contributed by atoms with van der Waals surface area (Å²) in [5.74, 6) is -0.548. The largest absolute Gasteiger partial charge is 0.326 e. The van der Waals surface area contributed by atoms with Crippen LogP contribution in [-0.4, -0.2) is 32.9 Å². The number of carbonyl (C=O) groups excluding carboxylic acids is 1. The molecule has 1 amide bonds. The minimum atomic E-state index is -3.03. The Balaban J connectivity index is 2.07. The predicted octanol–water partition coefficient (Wildman–Crippen LogP) is 0.779. The van der Waals surface area contributed by atoms with E-state index in [4.69, 9.17) is 0 Å². The lowest BCUT2D eigenvalue weighted by Crippen LogP contribution is -2.24. The molecule has 0 aliphatic carbocycles. The Hall–Kier alpha value is -1.40. The van der Waals surface area contributed by atoms with E-state index in [0.29, 0.717) is 13.0 Å². The van der Waals surface area contributed by atoms with Gasteiger partial charge >= 0.3 is 0 Å². The van der Waals surface area contributed by atoms with Gasteiger partial charge in [0.1, 0.15) is 0 Å². The van der Waals surface area contributed by atoms with Gasteiger partial charge in [-0.3, -0.25) is 4.79 Å². The molecule has 1 aliphatic rings. The highest BCUT2D eigenvalue weighted by Gasteiger charge is 2.33.